The van der Waals surface area contributed by atoms with Crippen molar-refractivity contribution in [2.45, 2.75) is 32.2 Å². The Bertz CT molecular complexity index is 924. The number of carbonyl (C=O) groups excluding carboxylic acids is 3. The molecule has 3 rings (SSSR count). The first-order valence-electron chi connectivity index (χ1n) is 10.1. The number of aryl methyl sites for hydroxylation is 1. The minimum atomic E-state index is -0.830. The molecular weight excluding hydrogens is 380 g/mol. The largest absolute Gasteiger partial charge is 0.494 e. The summed E-state index contributed by atoms with van der Waals surface area (Å²) in [7, 11) is 0. The summed E-state index contributed by atoms with van der Waals surface area (Å²) in [5.41, 5.74) is 2.36. The van der Waals surface area contributed by atoms with Gasteiger partial charge in [-0.1, -0.05) is 49.4 Å². The first-order chi connectivity index (χ1) is 14.6. The van der Waals surface area contributed by atoms with E-state index in [0.717, 1.165) is 23.3 Å². The lowest BCUT2D eigenvalue weighted by Crippen LogP contribution is -2.32. The molecule has 1 unspecified atom stereocenters. The molecule has 0 spiro atoms. The number of amides is 1. The SMILES string of the molecule is CCCOc1cccc(C=C2C(C(=O)C=O)NCN2C(=O)CCc2ccccc2)c1. The van der Waals surface area contributed by atoms with Gasteiger partial charge < -0.3 is 9.64 Å². The number of hydrogen-bond acceptors (Lipinski definition) is 5. The maximum Gasteiger partial charge on any atom is 0.228 e. The van der Waals surface area contributed by atoms with E-state index in [0.29, 0.717) is 31.4 Å². The number of rotatable bonds is 9. The summed E-state index contributed by atoms with van der Waals surface area (Å²) >= 11 is 0. The molecule has 1 heterocycles. The van der Waals surface area contributed by atoms with Crippen LogP contribution in [0.2, 0.25) is 0 Å². The summed E-state index contributed by atoms with van der Waals surface area (Å²) in [5, 5.41) is 2.98. The van der Waals surface area contributed by atoms with Gasteiger partial charge in [0.05, 0.1) is 13.3 Å². The van der Waals surface area contributed by atoms with E-state index in [1.165, 1.54) is 0 Å². The topological polar surface area (TPSA) is 75.7 Å². The minimum Gasteiger partial charge on any atom is -0.494 e. The summed E-state index contributed by atoms with van der Waals surface area (Å²) in [6.45, 7) is 2.83. The van der Waals surface area contributed by atoms with E-state index in [-0.39, 0.29) is 12.6 Å². The normalized spacial score (nSPS) is 17.2. The van der Waals surface area contributed by atoms with Crippen LogP contribution in [-0.4, -0.2) is 42.2 Å². The summed E-state index contributed by atoms with van der Waals surface area (Å²) in [4.78, 5) is 37.7. The van der Waals surface area contributed by atoms with Crippen molar-refractivity contribution in [3.8, 4) is 5.75 Å². The smallest absolute Gasteiger partial charge is 0.228 e. The van der Waals surface area contributed by atoms with Crippen LogP contribution < -0.4 is 10.1 Å². The number of Topliss-reactive ketones (excluding diaryl/α,β-unsaturated/α-hetero) is 1. The molecule has 0 aliphatic carbocycles. The third kappa shape index (κ3) is 5.42. The molecule has 2 aromatic carbocycles. The zero-order valence-electron chi connectivity index (χ0n) is 17.0. The molecule has 2 aromatic rings. The fraction of sp³-hybridized carbons (Fsp3) is 0.292. The van der Waals surface area contributed by atoms with Gasteiger partial charge in [0.1, 0.15) is 11.8 Å². The van der Waals surface area contributed by atoms with E-state index in [1.807, 2.05) is 61.5 Å². The van der Waals surface area contributed by atoms with Gasteiger partial charge in [0.25, 0.3) is 0 Å². The van der Waals surface area contributed by atoms with Crippen molar-refractivity contribution in [2.24, 2.45) is 0 Å². The second-order valence-corrected chi connectivity index (χ2v) is 7.11. The van der Waals surface area contributed by atoms with Crippen LogP contribution in [-0.2, 0) is 20.8 Å². The zero-order valence-corrected chi connectivity index (χ0v) is 17.0. The van der Waals surface area contributed by atoms with Gasteiger partial charge >= 0.3 is 0 Å². The number of nitrogens with zero attached hydrogens (tertiary/aromatic N) is 1. The maximum absolute atomic E-state index is 12.9. The number of carbonyl (C=O) groups is 3. The average Bonchev–Trinajstić information content (AvgIpc) is 3.20. The number of benzene rings is 2. The number of ether oxygens (including phenoxy) is 1. The van der Waals surface area contributed by atoms with Crippen molar-refractivity contribution in [1.82, 2.24) is 10.2 Å². The van der Waals surface area contributed by atoms with Gasteiger partial charge in [-0.3, -0.25) is 19.7 Å². The van der Waals surface area contributed by atoms with Crippen LogP contribution in [0.15, 0.2) is 60.3 Å². The number of nitrogens with one attached hydrogen (secondary N) is 1. The Morgan fingerprint density at radius 1 is 1.17 bits per heavy atom. The molecule has 0 aromatic heterocycles. The Morgan fingerprint density at radius 3 is 2.70 bits per heavy atom. The van der Waals surface area contributed by atoms with Crippen molar-refractivity contribution in [2.75, 3.05) is 13.3 Å². The summed E-state index contributed by atoms with van der Waals surface area (Å²) in [5.74, 6) is 0.0209. The Hall–Kier alpha value is -3.25. The van der Waals surface area contributed by atoms with Crippen LogP contribution in [0.25, 0.3) is 6.08 Å². The highest BCUT2D eigenvalue weighted by atomic mass is 16.5. The molecular formula is C24H26N2O4. The standard InChI is InChI=1S/C24H26N2O4/c1-2-13-30-20-10-6-9-19(14-20)15-21-24(22(28)16-27)25-17-26(21)23(29)12-11-18-7-4-3-5-8-18/h3-10,14-16,24-25H,2,11-13,17H2,1H3. The van der Waals surface area contributed by atoms with Crippen LogP contribution in [0.3, 0.4) is 0 Å². The lowest BCUT2D eigenvalue weighted by molar-refractivity contribution is -0.130. The van der Waals surface area contributed by atoms with E-state index < -0.39 is 11.8 Å². The molecule has 0 radical (unpaired) electrons. The van der Waals surface area contributed by atoms with Crippen LogP contribution in [0.1, 0.15) is 30.9 Å². The van der Waals surface area contributed by atoms with Gasteiger partial charge in [0, 0.05) is 12.1 Å². The Balaban J connectivity index is 1.82. The predicted octanol–water partition coefficient (Wildman–Crippen LogP) is 2.98. The van der Waals surface area contributed by atoms with Gasteiger partial charge in [0.15, 0.2) is 6.29 Å². The van der Waals surface area contributed by atoms with Crippen molar-refractivity contribution < 1.29 is 19.1 Å². The van der Waals surface area contributed by atoms with Crippen molar-refractivity contribution in [1.29, 1.82) is 0 Å². The van der Waals surface area contributed by atoms with Crippen molar-refractivity contribution >= 4 is 24.1 Å². The highest BCUT2D eigenvalue weighted by Gasteiger charge is 2.35. The quantitative estimate of drug-likeness (QED) is 0.512. The molecule has 1 aliphatic rings. The zero-order chi connectivity index (χ0) is 21.3. The van der Waals surface area contributed by atoms with Crippen LogP contribution in [0.4, 0.5) is 0 Å². The predicted molar refractivity (Wildman–Crippen MR) is 115 cm³/mol. The van der Waals surface area contributed by atoms with Gasteiger partial charge in [0.2, 0.25) is 11.7 Å². The number of aldehydes is 1. The molecule has 1 fully saturated rings. The number of ketones is 1. The van der Waals surface area contributed by atoms with E-state index in [4.69, 9.17) is 4.74 Å². The molecule has 1 saturated heterocycles. The first-order valence-corrected chi connectivity index (χ1v) is 10.1. The van der Waals surface area contributed by atoms with E-state index in [1.54, 1.807) is 11.0 Å². The summed E-state index contributed by atoms with van der Waals surface area (Å²) in [6, 6.07) is 16.4. The minimum absolute atomic E-state index is 0.0998. The van der Waals surface area contributed by atoms with Gasteiger partial charge in [-0.05, 0) is 42.2 Å². The molecule has 156 valence electrons. The maximum atomic E-state index is 12.9. The summed E-state index contributed by atoms with van der Waals surface area (Å²) < 4.78 is 5.67. The van der Waals surface area contributed by atoms with Gasteiger partial charge in [-0.15, -0.1) is 0 Å². The molecule has 1 N–H and O–H groups in total. The Labute approximate surface area is 176 Å². The van der Waals surface area contributed by atoms with Crippen molar-refractivity contribution in [3.63, 3.8) is 0 Å². The van der Waals surface area contributed by atoms with Crippen LogP contribution >= 0.6 is 0 Å². The molecule has 1 amide bonds. The second-order valence-electron chi connectivity index (χ2n) is 7.11. The molecule has 6 heteroatoms. The van der Waals surface area contributed by atoms with Crippen molar-refractivity contribution in [3.05, 3.63) is 71.4 Å². The van der Waals surface area contributed by atoms with E-state index in [2.05, 4.69) is 5.32 Å². The van der Waals surface area contributed by atoms with Crippen LogP contribution in [0, 0.1) is 0 Å². The van der Waals surface area contributed by atoms with Gasteiger partial charge in [-0.25, -0.2) is 0 Å². The molecule has 1 atom stereocenters. The third-order valence-electron chi connectivity index (χ3n) is 4.88. The van der Waals surface area contributed by atoms with E-state index >= 15 is 0 Å². The monoisotopic (exact) mass is 406 g/mol. The lowest BCUT2D eigenvalue weighted by atomic mass is 10.1. The first kappa shape index (κ1) is 21.5. The Morgan fingerprint density at radius 2 is 1.97 bits per heavy atom. The van der Waals surface area contributed by atoms with Crippen LogP contribution in [0.5, 0.6) is 5.75 Å². The molecule has 0 saturated carbocycles. The van der Waals surface area contributed by atoms with E-state index in [9.17, 15) is 14.4 Å². The average molecular weight is 406 g/mol. The van der Waals surface area contributed by atoms with Gasteiger partial charge in [-0.2, -0.15) is 0 Å². The third-order valence-corrected chi connectivity index (χ3v) is 4.88. The molecule has 0 bridgehead atoms. The Kier molecular flexibility index (Phi) is 7.51. The molecule has 6 nitrogen and oxygen atoms in total. The fourth-order valence-corrected chi connectivity index (χ4v) is 3.36. The second kappa shape index (κ2) is 10.5. The number of hydrogen-bond donors (Lipinski definition) is 1. The fourth-order valence-electron chi connectivity index (χ4n) is 3.36. The molecule has 30 heavy (non-hydrogen) atoms. The molecule has 1 aliphatic heterocycles. The summed E-state index contributed by atoms with van der Waals surface area (Å²) in [6.07, 6.45) is 3.88. The highest BCUT2D eigenvalue weighted by Crippen LogP contribution is 2.23. The highest BCUT2D eigenvalue weighted by molar-refractivity contribution is 6.28. The lowest BCUT2D eigenvalue weighted by Gasteiger charge is -2.19.